The summed E-state index contributed by atoms with van der Waals surface area (Å²) in [5.74, 6) is -0.537. The van der Waals surface area contributed by atoms with Gasteiger partial charge < -0.3 is 5.32 Å². The Morgan fingerprint density at radius 2 is 2.00 bits per heavy atom. The first-order valence-corrected chi connectivity index (χ1v) is 5.04. The fourth-order valence-corrected chi connectivity index (χ4v) is 1.60. The number of nitrogens with one attached hydrogen (secondary N) is 3. The third kappa shape index (κ3) is 1.99. The zero-order valence-corrected chi connectivity index (χ0v) is 9.11. The maximum absolute atomic E-state index is 11.6. The molecule has 2 aromatic rings. The van der Waals surface area contributed by atoms with Crippen LogP contribution in [-0.4, -0.2) is 16.1 Å². The van der Waals surface area contributed by atoms with Gasteiger partial charge in [-0.15, -0.1) is 0 Å². The van der Waals surface area contributed by atoms with Crippen LogP contribution in [0.15, 0.2) is 27.8 Å². The number of H-pyrrole nitrogens is 2. The van der Waals surface area contributed by atoms with Crippen LogP contribution in [0.3, 0.4) is 0 Å². The molecule has 0 saturated heterocycles. The van der Waals surface area contributed by atoms with Crippen LogP contribution in [0.1, 0.15) is 6.42 Å². The van der Waals surface area contributed by atoms with Gasteiger partial charge in [-0.1, -0.05) is 6.07 Å². The molecule has 3 N–H and O–H groups in total. The minimum Gasteiger partial charge on any atom is -0.324 e. The number of aromatic nitrogens is 2. The lowest BCUT2D eigenvalue weighted by molar-refractivity contribution is -0.115. The molecule has 0 unspecified atom stereocenters. The normalized spacial score (nSPS) is 9.94. The van der Waals surface area contributed by atoms with Gasteiger partial charge in [-0.3, -0.25) is 24.6 Å². The Labute approximate surface area is 100 Å². The van der Waals surface area contributed by atoms with E-state index in [1.807, 2.05) is 0 Å². The Morgan fingerprint density at radius 1 is 1.28 bits per heavy atom. The predicted octanol–water partition coefficient (Wildman–Crippen LogP) is 0.0686. The minimum absolute atomic E-state index is 0.0903. The van der Waals surface area contributed by atoms with Crippen LogP contribution in [0, 0.1) is 11.3 Å². The van der Waals surface area contributed by atoms with Crippen molar-refractivity contribution in [3.8, 4) is 6.07 Å². The van der Waals surface area contributed by atoms with E-state index < -0.39 is 17.0 Å². The Balaban J connectivity index is 2.63. The monoisotopic (exact) mass is 244 g/mol. The van der Waals surface area contributed by atoms with E-state index >= 15 is 0 Å². The highest BCUT2D eigenvalue weighted by Crippen LogP contribution is 2.16. The topological polar surface area (TPSA) is 119 Å². The summed E-state index contributed by atoms with van der Waals surface area (Å²) in [6.45, 7) is 0. The maximum Gasteiger partial charge on any atom is 0.272 e. The number of carbonyl (C=O) groups excluding carboxylic acids is 1. The maximum atomic E-state index is 11.6. The van der Waals surface area contributed by atoms with Crippen molar-refractivity contribution >= 4 is 22.4 Å². The third-order valence-electron chi connectivity index (χ3n) is 2.34. The second kappa shape index (κ2) is 4.55. The molecular formula is C11H8N4O3. The first-order chi connectivity index (χ1) is 8.63. The molecule has 2 rings (SSSR count). The van der Waals surface area contributed by atoms with Crippen LogP contribution in [0.2, 0.25) is 0 Å². The zero-order chi connectivity index (χ0) is 13.1. The van der Waals surface area contributed by atoms with Crippen molar-refractivity contribution in [1.82, 2.24) is 10.2 Å². The fraction of sp³-hybridized carbons (Fsp3) is 0.0909. The number of carbonyl (C=O) groups is 1. The van der Waals surface area contributed by atoms with Gasteiger partial charge in [0.2, 0.25) is 5.91 Å². The summed E-state index contributed by atoms with van der Waals surface area (Å²) in [4.78, 5) is 34.5. The minimum atomic E-state index is -0.537. The summed E-state index contributed by atoms with van der Waals surface area (Å²) in [5, 5.41) is 15.4. The number of nitrogens with zero attached hydrogens (tertiary/aromatic N) is 1. The molecule has 90 valence electrons. The number of nitriles is 1. The molecule has 0 saturated carbocycles. The van der Waals surface area contributed by atoms with E-state index in [4.69, 9.17) is 5.26 Å². The molecule has 0 fully saturated rings. The Kier molecular flexibility index (Phi) is 2.93. The smallest absolute Gasteiger partial charge is 0.272 e. The molecule has 18 heavy (non-hydrogen) atoms. The molecule has 7 heteroatoms. The molecule has 0 spiro atoms. The van der Waals surface area contributed by atoms with Crippen LogP contribution >= 0.6 is 0 Å². The first kappa shape index (κ1) is 11.6. The Bertz CT molecular complexity index is 766. The Morgan fingerprint density at radius 3 is 2.72 bits per heavy atom. The third-order valence-corrected chi connectivity index (χ3v) is 2.34. The summed E-state index contributed by atoms with van der Waals surface area (Å²) >= 11 is 0. The van der Waals surface area contributed by atoms with E-state index in [1.165, 1.54) is 12.1 Å². The summed E-state index contributed by atoms with van der Waals surface area (Å²) in [5.41, 5.74) is -0.765. The van der Waals surface area contributed by atoms with Gasteiger partial charge in [-0.2, -0.15) is 5.26 Å². The second-order valence-electron chi connectivity index (χ2n) is 3.52. The van der Waals surface area contributed by atoms with Crippen molar-refractivity contribution < 1.29 is 4.79 Å². The van der Waals surface area contributed by atoms with Crippen LogP contribution in [0.4, 0.5) is 5.69 Å². The van der Waals surface area contributed by atoms with Crippen molar-refractivity contribution in [3.63, 3.8) is 0 Å². The number of rotatable bonds is 2. The zero-order valence-electron chi connectivity index (χ0n) is 9.11. The molecule has 0 radical (unpaired) electrons. The van der Waals surface area contributed by atoms with E-state index in [-0.39, 0.29) is 22.9 Å². The van der Waals surface area contributed by atoms with Gasteiger partial charge in [0, 0.05) is 0 Å². The van der Waals surface area contributed by atoms with E-state index in [9.17, 15) is 14.4 Å². The number of fused-ring (bicyclic) bond motifs is 1. The van der Waals surface area contributed by atoms with Gasteiger partial charge in [0.1, 0.15) is 6.42 Å². The van der Waals surface area contributed by atoms with Crippen LogP contribution in [0.25, 0.3) is 10.8 Å². The van der Waals surface area contributed by atoms with E-state index in [1.54, 1.807) is 12.1 Å². The summed E-state index contributed by atoms with van der Waals surface area (Å²) in [6, 6.07) is 6.20. The molecule has 1 aromatic carbocycles. The highest BCUT2D eigenvalue weighted by atomic mass is 16.2. The van der Waals surface area contributed by atoms with E-state index in [2.05, 4.69) is 15.5 Å². The summed E-state index contributed by atoms with van der Waals surface area (Å²) < 4.78 is 0. The number of amides is 1. The first-order valence-electron chi connectivity index (χ1n) is 5.04. The molecule has 7 nitrogen and oxygen atoms in total. The molecular weight excluding hydrogens is 236 g/mol. The lowest BCUT2D eigenvalue weighted by Crippen LogP contribution is -2.21. The van der Waals surface area contributed by atoms with Crippen LogP contribution in [-0.2, 0) is 4.79 Å². The van der Waals surface area contributed by atoms with E-state index in [0.29, 0.717) is 0 Å². The molecule has 0 aliphatic rings. The number of aromatic amines is 2. The lowest BCUT2D eigenvalue weighted by atomic mass is 10.1. The highest BCUT2D eigenvalue weighted by Gasteiger charge is 2.10. The van der Waals surface area contributed by atoms with Gasteiger partial charge in [0.05, 0.1) is 22.5 Å². The summed E-state index contributed by atoms with van der Waals surface area (Å²) in [6.07, 6.45) is -0.322. The molecule has 0 bridgehead atoms. The molecule has 0 aliphatic carbocycles. The average molecular weight is 244 g/mol. The number of hydrogen-bond acceptors (Lipinski definition) is 4. The van der Waals surface area contributed by atoms with Gasteiger partial charge >= 0.3 is 0 Å². The molecule has 1 amide bonds. The Hall–Kier alpha value is -2.88. The van der Waals surface area contributed by atoms with Crippen LogP contribution in [0.5, 0.6) is 0 Å². The summed E-state index contributed by atoms with van der Waals surface area (Å²) in [7, 11) is 0. The quantitative estimate of drug-likeness (QED) is 0.692. The van der Waals surface area contributed by atoms with Gasteiger partial charge in [-0.05, 0) is 12.1 Å². The van der Waals surface area contributed by atoms with Crippen molar-refractivity contribution in [1.29, 1.82) is 5.26 Å². The largest absolute Gasteiger partial charge is 0.324 e. The highest BCUT2D eigenvalue weighted by molar-refractivity contribution is 6.01. The van der Waals surface area contributed by atoms with Gasteiger partial charge in [0.15, 0.2) is 0 Å². The second-order valence-corrected chi connectivity index (χ2v) is 3.52. The SMILES string of the molecule is N#CCC(=O)Nc1cccc2c(=O)[nH][nH]c(=O)c12. The molecule has 0 atom stereocenters. The predicted molar refractivity (Wildman–Crippen MR) is 64.0 cm³/mol. The van der Waals surface area contributed by atoms with Crippen LogP contribution < -0.4 is 16.4 Å². The van der Waals surface area contributed by atoms with Crippen molar-refractivity contribution in [2.75, 3.05) is 5.32 Å². The van der Waals surface area contributed by atoms with Gasteiger partial charge in [-0.25, -0.2) is 0 Å². The molecule has 0 aliphatic heterocycles. The van der Waals surface area contributed by atoms with Gasteiger partial charge in [0.25, 0.3) is 11.1 Å². The molecule has 1 heterocycles. The average Bonchev–Trinajstić information content (AvgIpc) is 2.34. The number of benzene rings is 1. The lowest BCUT2D eigenvalue weighted by Gasteiger charge is -2.05. The number of hydrogen-bond donors (Lipinski definition) is 3. The fourth-order valence-electron chi connectivity index (χ4n) is 1.60. The van der Waals surface area contributed by atoms with Crippen molar-refractivity contribution in [2.24, 2.45) is 0 Å². The van der Waals surface area contributed by atoms with E-state index in [0.717, 1.165) is 0 Å². The van der Waals surface area contributed by atoms with Crippen molar-refractivity contribution in [2.45, 2.75) is 6.42 Å². The number of anilines is 1. The molecule has 1 aromatic heterocycles. The van der Waals surface area contributed by atoms with Crippen molar-refractivity contribution in [3.05, 3.63) is 38.9 Å². The standard InChI is InChI=1S/C11H8N4O3/c12-5-4-8(16)13-7-3-1-2-6-9(7)11(18)15-14-10(6)17/h1-3H,4H2,(H,13,16)(H,14,17)(H,15,18).